The molecule has 11 heteroatoms. The molecular formula is C18H24ClN5O4S. The van der Waals surface area contributed by atoms with Crippen LogP contribution in [0.2, 0.25) is 5.02 Å². The molecule has 1 heterocycles. The van der Waals surface area contributed by atoms with E-state index in [1.807, 2.05) is 11.6 Å². The Morgan fingerprint density at radius 1 is 1.24 bits per heavy atom. The van der Waals surface area contributed by atoms with Gasteiger partial charge in [0.05, 0.1) is 11.2 Å². The summed E-state index contributed by atoms with van der Waals surface area (Å²) in [6.07, 6.45) is 4.37. The van der Waals surface area contributed by atoms with Gasteiger partial charge in [0.1, 0.15) is 6.04 Å². The van der Waals surface area contributed by atoms with E-state index in [-0.39, 0.29) is 10.8 Å². The molecule has 0 unspecified atom stereocenters. The number of urea groups is 1. The molecule has 0 aliphatic carbocycles. The van der Waals surface area contributed by atoms with Crippen LogP contribution in [0.1, 0.15) is 26.0 Å². The van der Waals surface area contributed by atoms with Gasteiger partial charge in [0.25, 0.3) is 10.0 Å². The van der Waals surface area contributed by atoms with Crippen molar-refractivity contribution in [1.29, 1.82) is 0 Å². The fourth-order valence-corrected chi connectivity index (χ4v) is 3.56. The molecule has 1 aromatic heterocycles. The number of hydrogen-bond acceptors (Lipinski definition) is 5. The third kappa shape index (κ3) is 6.75. The molecule has 0 saturated heterocycles. The first-order valence-corrected chi connectivity index (χ1v) is 10.9. The van der Waals surface area contributed by atoms with Gasteiger partial charge in [0.2, 0.25) is 5.91 Å². The quantitative estimate of drug-likeness (QED) is 0.471. The molecule has 0 spiro atoms. The summed E-state index contributed by atoms with van der Waals surface area (Å²) in [4.78, 5) is 31.5. The van der Waals surface area contributed by atoms with E-state index in [4.69, 9.17) is 11.6 Å². The van der Waals surface area contributed by atoms with Gasteiger partial charge in [-0.1, -0.05) is 31.9 Å². The van der Waals surface area contributed by atoms with Gasteiger partial charge < -0.3 is 15.6 Å². The second-order valence-corrected chi connectivity index (χ2v) is 8.63. The number of imidazole rings is 1. The highest BCUT2D eigenvalue weighted by molar-refractivity contribution is 7.90. The average molecular weight is 442 g/mol. The largest absolute Gasteiger partial charge is 0.354 e. The van der Waals surface area contributed by atoms with E-state index in [1.165, 1.54) is 24.3 Å². The van der Waals surface area contributed by atoms with Gasteiger partial charge in [0.15, 0.2) is 0 Å². The Morgan fingerprint density at radius 3 is 2.52 bits per heavy atom. The molecule has 0 saturated carbocycles. The van der Waals surface area contributed by atoms with E-state index in [2.05, 4.69) is 20.6 Å². The summed E-state index contributed by atoms with van der Waals surface area (Å²) in [6, 6.07) is 3.52. The minimum atomic E-state index is -4.09. The molecule has 2 rings (SSSR count). The minimum Gasteiger partial charge on any atom is -0.354 e. The monoisotopic (exact) mass is 441 g/mol. The third-order valence-corrected chi connectivity index (χ3v) is 5.98. The van der Waals surface area contributed by atoms with Crippen molar-refractivity contribution in [2.24, 2.45) is 5.92 Å². The number of H-pyrrole nitrogens is 1. The number of halogens is 1. The van der Waals surface area contributed by atoms with Gasteiger partial charge >= 0.3 is 6.03 Å². The van der Waals surface area contributed by atoms with E-state index in [0.29, 0.717) is 24.4 Å². The summed E-state index contributed by atoms with van der Waals surface area (Å²) >= 11 is 5.75. The van der Waals surface area contributed by atoms with Crippen molar-refractivity contribution in [3.8, 4) is 0 Å². The zero-order chi connectivity index (χ0) is 21.4. The molecule has 0 fully saturated rings. The van der Waals surface area contributed by atoms with Gasteiger partial charge in [-0.2, -0.15) is 0 Å². The normalized spacial score (nSPS) is 13.3. The second-order valence-electron chi connectivity index (χ2n) is 6.51. The maximum Gasteiger partial charge on any atom is 0.329 e. The molecule has 29 heavy (non-hydrogen) atoms. The van der Waals surface area contributed by atoms with Gasteiger partial charge in [-0.05, 0) is 30.2 Å². The number of hydrogen-bond donors (Lipinski definition) is 4. The zero-order valence-corrected chi connectivity index (χ0v) is 17.7. The molecule has 0 aliphatic heterocycles. The molecule has 4 N–H and O–H groups in total. The van der Waals surface area contributed by atoms with Crippen LogP contribution in [0.3, 0.4) is 0 Å². The highest BCUT2D eigenvalue weighted by atomic mass is 35.5. The second kappa shape index (κ2) is 10.3. The Balaban J connectivity index is 1.98. The highest BCUT2D eigenvalue weighted by Crippen LogP contribution is 2.14. The SMILES string of the molecule is CC[C@H](C)[C@H](NC(=O)NS(=O)(=O)c1ccc(Cl)cc1)C(=O)NCCc1cnc[nH]1. The molecule has 3 amide bonds. The molecule has 0 bridgehead atoms. The van der Waals surface area contributed by atoms with E-state index in [9.17, 15) is 18.0 Å². The van der Waals surface area contributed by atoms with Crippen LogP contribution in [0.15, 0.2) is 41.7 Å². The number of benzene rings is 1. The van der Waals surface area contributed by atoms with Gasteiger partial charge in [-0.25, -0.2) is 22.9 Å². The van der Waals surface area contributed by atoms with Crippen LogP contribution in [0.5, 0.6) is 0 Å². The predicted octanol–water partition coefficient (Wildman–Crippen LogP) is 1.82. The van der Waals surface area contributed by atoms with E-state index in [0.717, 1.165) is 5.69 Å². The first-order valence-electron chi connectivity index (χ1n) is 9.06. The van der Waals surface area contributed by atoms with Crippen LogP contribution < -0.4 is 15.4 Å². The topological polar surface area (TPSA) is 133 Å². The van der Waals surface area contributed by atoms with Crippen molar-refractivity contribution in [3.63, 3.8) is 0 Å². The first-order chi connectivity index (χ1) is 13.7. The van der Waals surface area contributed by atoms with Crippen molar-refractivity contribution in [2.45, 2.75) is 37.6 Å². The molecule has 0 aliphatic rings. The maximum atomic E-state index is 12.5. The van der Waals surface area contributed by atoms with Crippen LogP contribution in [-0.2, 0) is 21.2 Å². The van der Waals surface area contributed by atoms with Crippen molar-refractivity contribution in [1.82, 2.24) is 25.3 Å². The lowest BCUT2D eigenvalue weighted by molar-refractivity contribution is -0.124. The van der Waals surface area contributed by atoms with Gasteiger partial charge in [-0.3, -0.25) is 4.79 Å². The van der Waals surface area contributed by atoms with Crippen molar-refractivity contribution >= 4 is 33.6 Å². The molecule has 0 radical (unpaired) electrons. The summed E-state index contributed by atoms with van der Waals surface area (Å²) in [5, 5.41) is 5.58. The summed E-state index contributed by atoms with van der Waals surface area (Å²) in [7, 11) is -4.09. The van der Waals surface area contributed by atoms with Crippen molar-refractivity contribution in [3.05, 3.63) is 47.5 Å². The number of nitrogens with zero attached hydrogens (tertiary/aromatic N) is 1. The Kier molecular flexibility index (Phi) is 8.03. The Labute approximate surface area is 174 Å². The Bertz CT molecular complexity index is 916. The number of aromatic amines is 1. The van der Waals surface area contributed by atoms with E-state index in [1.54, 1.807) is 19.4 Å². The molecule has 2 aromatic rings. The van der Waals surface area contributed by atoms with Crippen LogP contribution in [0.25, 0.3) is 0 Å². The van der Waals surface area contributed by atoms with E-state index >= 15 is 0 Å². The number of rotatable bonds is 9. The van der Waals surface area contributed by atoms with Crippen molar-refractivity contribution < 1.29 is 18.0 Å². The van der Waals surface area contributed by atoms with Crippen LogP contribution >= 0.6 is 11.6 Å². The lowest BCUT2D eigenvalue weighted by Gasteiger charge is -2.23. The Hall–Kier alpha value is -2.59. The number of aromatic nitrogens is 2. The van der Waals surface area contributed by atoms with Crippen LogP contribution in [0, 0.1) is 5.92 Å². The maximum absolute atomic E-state index is 12.5. The first kappa shape index (κ1) is 22.7. The van der Waals surface area contributed by atoms with Gasteiger partial charge in [-0.15, -0.1) is 0 Å². The summed E-state index contributed by atoms with van der Waals surface area (Å²) in [5.41, 5.74) is 0.866. The third-order valence-electron chi connectivity index (χ3n) is 4.38. The standard InChI is InChI=1S/C18H24ClN5O4S/c1-3-12(2)16(17(25)21-9-8-14-10-20-11-22-14)23-18(26)24-29(27,28)15-6-4-13(19)5-7-15/h4-7,10-12,16H,3,8-9H2,1-2H3,(H,20,22)(H,21,25)(H2,23,24,26)/t12-,16-/m0/s1. The summed E-state index contributed by atoms with van der Waals surface area (Å²) in [6.45, 7) is 4.02. The molecule has 9 nitrogen and oxygen atoms in total. The Morgan fingerprint density at radius 2 is 1.93 bits per heavy atom. The predicted molar refractivity (Wildman–Crippen MR) is 109 cm³/mol. The molecule has 158 valence electrons. The lowest BCUT2D eigenvalue weighted by Crippen LogP contribution is -2.54. The smallest absolute Gasteiger partial charge is 0.329 e. The highest BCUT2D eigenvalue weighted by Gasteiger charge is 2.27. The van der Waals surface area contributed by atoms with Crippen LogP contribution in [0.4, 0.5) is 4.79 Å². The number of sulfonamides is 1. The minimum absolute atomic E-state index is 0.110. The zero-order valence-electron chi connectivity index (χ0n) is 16.1. The number of carbonyl (C=O) groups is 2. The fraction of sp³-hybridized carbons (Fsp3) is 0.389. The number of nitrogens with one attached hydrogen (secondary N) is 4. The average Bonchev–Trinajstić information content (AvgIpc) is 3.19. The van der Waals surface area contributed by atoms with E-state index < -0.39 is 28.0 Å². The van der Waals surface area contributed by atoms with Gasteiger partial charge in [0, 0.05) is 29.9 Å². The van der Waals surface area contributed by atoms with Crippen molar-refractivity contribution in [2.75, 3.05) is 6.54 Å². The fourth-order valence-electron chi connectivity index (χ4n) is 2.52. The summed E-state index contributed by atoms with van der Waals surface area (Å²) < 4.78 is 26.6. The molecule has 1 aromatic carbocycles. The molecule has 2 atom stereocenters. The lowest BCUT2D eigenvalue weighted by atomic mass is 9.98. The molecular weight excluding hydrogens is 418 g/mol. The summed E-state index contributed by atoms with van der Waals surface area (Å²) in [5.74, 6) is -0.593. The number of amides is 3. The number of carbonyl (C=O) groups excluding carboxylic acids is 2. The van der Waals surface area contributed by atoms with Crippen LogP contribution in [-0.4, -0.2) is 42.9 Å².